The number of carbonyl (C=O) groups is 2. The summed E-state index contributed by atoms with van der Waals surface area (Å²) in [5.41, 5.74) is 7.78. The molecule has 10 atom stereocenters. The van der Waals surface area contributed by atoms with Gasteiger partial charge in [0.15, 0.2) is 0 Å². The topological polar surface area (TPSA) is 134 Å². The summed E-state index contributed by atoms with van der Waals surface area (Å²) >= 11 is 0. The van der Waals surface area contributed by atoms with E-state index in [0.717, 1.165) is 73.7 Å². The number of fused-ring (bicyclic) bond motifs is 2. The van der Waals surface area contributed by atoms with Crippen LogP contribution in [0.2, 0.25) is 0 Å². The quantitative estimate of drug-likeness (QED) is 0.108. The average molecular weight is 905 g/mol. The summed E-state index contributed by atoms with van der Waals surface area (Å²) in [6.07, 6.45) is 24.0. The van der Waals surface area contributed by atoms with E-state index in [1.54, 1.807) is 27.7 Å². The van der Waals surface area contributed by atoms with E-state index < -0.39 is 29.5 Å². The van der Waals surface area contributed by atoms with Gasteiger partial charge in [-0.2, -0.15) is 0 Å². The lowest BCUT2D eigenvalue weighted by molar-refractivity contribution is -0.152. The highest BCUT2D eigenvalue weighted by Gasteiger charge is 2.47. The van der Waals surface area contributed by atoms with Crippen LogP contribution in [0.3, 0.4) is 0 Å². The lowest BCUT2D eigenvalue weighted by Crippen LogP contribution is -2.33. The number of esters is 2. The van der Waals surface area contributed by atoms with Gasteiger partial charge in [-0.3, -0.25) is 9.59 Å². The van der Waals surface area contributed by atoms with Crippen LogP contribution in [0.4, 0.5) is 0 Å². The zero-order valence-corrected chi connectivity index (χ0v) is 41.8. The number of aliphatic hydroxyl groups is 4. The van der Waals surface area contributed by atoms with Crippen LogP contribution in [0, 0.1) is 58.2 Å². The van der Waals surface area contributed by atoms with Crippen LogP contribution < -0.4 is 0 Å². The van der Waals surface area contributed by atoms with E-state index in [4.69, 9.17) is 9.47 Å². The molecule has 4 saturated carbocycles. The van der Waals surface area contributed by atoms with Crippen molar-refractivity contribution in [3.8, 4) is 23.7 Å². The molecule has 66 heavy (non-hydrogen) atoms. The summed E-state index contributed by atoms with van der Waals surface area (Å²) in [6, 6.07) is 0. The highest BCUT2D eigenvalue weighted by atomic mass is 16.6. The number of allylic oxidation sites excluding steroid dienone is 10. The Morgan fingerprint density at radius 2 is 1.20 bits per heavy atom. The van der Waals surface area contributed by atoms with Crippen LogP contribution in [-0.4, -0.2) is 68.0 Å². The smallest absolute Gasteiger partial charge is 0.303 e. The van der Waals surface area contributed by atoms with Crippen molar-refractivity contribution in [2.45, 2.75) is 195 Å². The number of ether oxygens (including phenoxy) is 2. The fraction of sp³-hybridized carbons (Fsp3) is 0.621. The molecular weight excluding hydrogens is 825 g/mol. The first-order valence-electron chi connectivity index (χ1n) is 24.5. The molecule has 0 amide bonds. The number of hydrogen-bond donors (Lipinski definition) is 4. The molecule has 0 spiro atoms. The van der Waals surface area contributed by atoms with E-state index >= 15 is 0 Å². The molecule has 0 bridgehead atoms. The first-order valence-corrected chi connectivity index (χ1v) is 24.5. The maximum Gasteiger partial charge on any atom is 0.303 e. The zero-order valence-electron chi connectivity index (χ0n) is 41.8. The summed E-state index contributed by atoms with van der Waals surface area (Å²) in [4.78, 5) is 23.2. The molecule has 0 aromatic rings. The molecule has 8 heteroatoms. The minimum Gasteiger partial charge on any atom is -0.462 e. The Labute approximate surface area is 397 Å². The van der Waals surface area contributed by atoms with Gasteiger partial charge in [0.05, 0.1) is 12.2 Å². The first kappa shape index (κ1) is 52.8. The number of hydrogen-bond acceptors (Lipinski definition) is 8. The second kappa shape index (κ2) is 21.8. The van der Waals surface area contributed by atoms with Gasteiger partial charge in [-0.1, -0.05) is 123 Å². The molecule has 360 valence electrons. The van der Waals surface area contributed by atoms with Crippen LogP contribution >= 0.6 is 0 Å². The number of aliphatic hydroxyl groups excluding tert-OH is 2. The Kier molecular flexibility index (Phi) is 17.5. The highest BCUT2D eigenvalue weighted by molar-refractivity contribution is 5.67. The van der Waals surface area contributed by atoms with Gasteiger partial charge in [0, 0.05) is 46.0 Å². The zero-order chi connectivity index (χ0) is 48.8. The van der Waals surface area contributed by atoms with Crippen molar-refractivity contribution >= 4 is 11.9 Å². The fourth-order valence-electron chi connectivity index (χ4n) is 11.8. The van der Waals surface area contributed by atoms with Crippen LogP contribution in [-0.2, 0) is 19.1 Å². The normalized spacial score (nSPS) is 33.2. The van der Waals surface area contributed by atoms with E-state index in [9.17, 15) is 30.0 Å². The highest BCUT2D eigenvalue weighted by Crippen LogP contribution is 2.58. The summed E-state index contributed by atoms with van der Waals surface area (Å²) in [7, 11) is 0. The number of rotatable bonds is 8. The summed E-state index contributed by atoms with van der Waals surface area (Å²) in [6.45, 7) is 27.2. The van der Waals surface area contributed by atoms with E-state index in [-0.39, 0.29) is 28.9 Å². The molecule has 8 nitrogen and oxygen atoms in total. The first-order chi connectivity index (χ1) is 30.8. The molecule has 0 saturated heterocycles. The van der Waals surface area contributed by atoms with Crippen LogP contribution in [0.25, 0.3) is 0 Å². The molecule has 0 aromatic carbocycles. The van der Waals surface area contributed by atoms with Crippen molar-refractivity contribution in [1.82, 2.24) is 0 Å². The van der Waals surface area contributed by atoms with E-state index in [1.807, 2.05) is 0 Å². The van der Waals surface area contributed by atoms with Gasteiger partial charge >= 0.3 is 11.9 Å². The SMILES string of the molecule is C=C1/C(=C\C=C2/CCC[C@]3(C)C(C(C)CC#CC(C)(C)O)=CCC23)CC(O)C[C@@H]1O.C=C1/C(=C\C=C2/CCC[C@]3(C)C(C(C)CC#CC(C)(C)O)=CCC23)CC(OC(C)=O)C[C@@H]1OC(C)=O. The maximum atomic E-state index is 11.6. The maximum absolute atomic E-state index is 11.6. The van der Waals surface area contributed by atoms with E-state index in [0.29, 0.717) is 49.4 Å². The van der Waals surface area contributed by atoms with Gasteiger partial charge in [0.2, 0.25) is 0 Å². The van der Waals surface area contributed by atoms with Crippen molar-refractivity contribution < 1.29 is 39.5 Å². The monoisotopic (exact) mass is 905 g/mol. The Morgan fingerprint density at radius 1 is 0.742 bits per heavy atom. The van der Waals surface area contributed by atoms with Crippen LogP contribution in [0.15, 0.2) is 94.2 Å². The van der Waals surface area contributed by atoms with Gasteiger partial charge in [-0.05, 0) is 142 Å². The Hall–Kier alpha value is -4.18. The Balaban J connectivity index is 0.000000251. The Morgan fingerprint density at radius 3 is 1.64 bits per heavy atom. The third kappa shape index (κ3) is 13.5. The van der Waals surface area contributed by atoms with Crippen LogP contribution in [0.1, 0.15) is 159 Å². The lowest BCUT2D eigenvalue weighted by atomic mass is 9.62. The van der Waals surface area contributed by atoms with Gasteiger partial charge in [0.1, 0.15) is 23.4 Å². The minimum atomic E-state index is -0.962. The molecule has 0 aliphatic heterocycles. The second-order valence-corrected chi connectivity index (χ2v) is 21.7. The molecule has 4 fully saturated rings. The molecule has 6 aliphatic carbocycles. The van der Waals surface area contributed by atoms with E-state index in [1.165, 1.54) is 49.0 Å². The molecule has 6 unspecified atom stereocenters. The predicted molar refractivity (Wildman–Crippen MR) is 264 cm³/mol. The third-order valence-electron chi connectivity index (χ3n) is 15.0. The summed E-state index contributed by atoms with van der Waals surface area (Å²) in [5.74, 6) is 13.3. The van der Waals surface area contributed by atoms with Gasteiger partial charge in [-0.15, -0.1) is 0 Å². The standard InChI is InChI=1S/C31H42O5.C27H38O3/c1-20(10-8-16-30(5,6)34)27-14-15-28-24(11-9-17-31(27,28)7)12-13-25-18-26(35-22(3)32)19-29(21(25)2)36-23(4)33;1-18(8-6-14-26(3,4)30)23-12-13-24-20(9-7-15-27(23,24)5)10-11-21-16-22(28)17-25(29)19(21)2/h12-14,20,26,28-29,34H,2,9-11,15,17-19H2,1,3-7H3;10-12,18,22,24-25,28-30H,2,7-9,13,15-17H2,1,3-5H3/b24-12+,25-13-;20-10+,21-11-/t20?,26?,28?,29-,31+;18?,22?,24?,25-,27+/m00/s1. The van der Waals surface area contributed by atoms with Crippen molar-refractivity contribution in [3.05, 3.63) is 94.2 Å². The molecule has 0 heterocycles. The van der Waals surface area contributed by atoms with Gasteiger partial charge < -0.3 is 29.9 Å². The lowest BCUT2D eigenvalue weighted by Gasteiger charge is -2.42. The average Bonchev–Trinajstić information content (AvgIpc) is 3.75. The molecule has 6 rings (SSSR count). The van der Waals surface area contributed by atoms with Crippen molar-refractivity contribution in [1.29, 1.82) is 0 Å². The van der Waals surface area contributed by atoms with Crippen molar-refractivity contribution in [2.24, 2.45) is 34.5 Å². The molecule has 6 aliphatic rings. The fourth-order valence-corrected chi connectivity index (χ4v) is 11.8. The van der Waals surface area contributed by atoms with Gasteiger partial charge in [0.25, 0.3) is 0 Å². The molecule has 4 N–H and O–H groups in total. The van der Waals surface area contributed by atoms with E-state index in [2.05, 4.69) is 101 Å². The molecule has 0 radical (unpaired) electrons. The predicted octanol–water partition coefficient (Wildman–Crippen LogP) is 10.8. The third-order valence-corrected chi connectivity index (χ3v) is 15.0. The molecule has 0 aromatic heterocycles. The summed E-state index contributed by atoms with van der Waals surface area (Å²) in [5, 5.41) is 39.9. The van der Waals surface area contributed by atoms with Crippen LogP contribution in [0.5, 0.6) is 0 Å². The minimum absolute atomic E-state index is 0.114. The molecular formula is C58H80O8. The van der Waals surface area contributed by atoms with Crippen molar-refractivity contribution in [2.75, 3.05) is 0 Å². The second-order valence-electron chi connectivity index (χ2n) is 21.7. The number of carbonyl (C=O) groups excluding carboxylic acids is 2. The summed E-state index contributed by atoms with van der Waals surface area (Å²) < 4.78 is 11.0. The Bertz CT molecular complexity index is 2170. The largest absolute Gasteiger partial charge is 0.462 e. The van der Waals surface area contributed by atoms with Gasteiger partial charge in [-0.25, -0.2) is 0 Å². The van der Waals surface area contributed by atoms with Crippen molar-refractivity contribution in [3.63, 3.8) is 0 Å².